The predicted molar refractivity (Wildman–Crippen MR) is 112 cm³/mol. The summed E-state index contributed by atoms with van der Waals surface area (Å²) in [6, 6.07) is 18.2. The molecule has 7 heteroatoms. The predicted octanol–water partition coefficient (Wildman–Crippen LogP) is 3.28. The zero-order valence-electron chi connectivity index (χ0n) is 16.4. The number of carbonyl (C=O) groups excluding carboxylic acids is 2. The lowest BCUT2D eigenvalue weighted by molar-refractivity contribution is -0.121. The lowest BCUT2D eigenvalue weighted by Gasteiger charge is -2.18. The third kappa shape index (κ3) is 4.20. The highest BCUT2D eigenvalue weighted by atomic mass is 16.3. The number of rotatable bonds is 6. The first-order valence-corrected chi connectivity index (χ1v) is 9.47. The van der Waals surface area contributed by atoms with E-state index in [0.29, 0.717) is 28.2 Å². The smallest absolute Gasteiger partial charge is 0.254 e. The van der Waals surface area contributed by atoms with Gasteiger partial charge in [0.15, 0.2) is 0 Å². The van der Waals surface area contributed by atoms with Gasteiger partial charge in [-0.25, -0.2) is 4.98 Å². The van der Waals surface area contributed by atoms with Gasteiger partial charge < -0.3 is 14.6 Å². The molecule has 0 aliphatic carbocycles. The molecule has 0 radical (unpaired) electrons. The molecular formula is C23H20N4O3. The summed E-state index contributed by atoms with van der Waals surface area (Å²) >= 11 is 0. The van der Waals surface area contributed by atoms with E-state index in [9.17, 15) is 9.59 Å². The zero-order chi connectivity index (χ0) is 20.9. The Morgan fingerprint density at radius 3 is 2.63 bits per heavy atom. The van der Waals surface area contributed by atoms with Crippen molar-refractivity contribution in [2.45, 2.75) is 6.54 Å². The lowest BCUT2D eigenvalue weighted by Crippen LogP contribution is -2.38. The summed E-state index contributed by atoms with van der Waals surface area (Å²) in [7, 11) is 1.60. The van der Waals surface area contributed by atoms with E-state index in [1.54, 1.807) is 37.7 Å². The first kappa shape index (κ1) is 19.3. The first-order valence-electron chi connectivity index (χ1n) is 9.47. The number of nitrogens with one attached hydrogen (secondary N) is 1. The van der Waals surface area contributed by atoms with Crippen molar-refractivity contribution in [1.29, 1.82) is 0 Å². The van der Waals surface area contributed by atoms with Crippen molar-refractivity contribution in [1.82, 2.24) is 20.2 Å². The van der Waals surface area contributed by atoms with Crippen LogP contribution in [0.2, 0.25) is 0 Å². The van der Waals surface area contributed by atoms with Crippen LogP contribution >= 0.6 is 0 Å². The Labute approximate surface area is 173 Å². The Morgan fingerprint density at radius 1 is 1.03 bits per heavy atom. The van der Waals surface area contributed by atoms with Gasteiger partial charge >= 0.3 is 0 Å². The number of pyridine rings is 2. The molecule has 1 aromatic carbocycles. The van der Waals surface area contributed by atoms with Gasteiger partial charge in [-0.1, -0.05) is 24.3 Å². The lowest BCUT2D eigenvalue weighted by atomic mass is 10.0. The van der Waals surface area contributed by atoms with Crippen molar-refractivity contribution in [3.05, 3.63) is 84.4 Å². The van der Waals surface area contributed by atoms with Crippen molar-refractivity contribution in [2.24, 2.45) is 0 Å². The van der Waals surface area contributed by atoms with E-state index in [1.165, 1.54) is 4.90 Å². The van der Waals surface area contributed by atoms with Gasteiger partial charge in [-0.3, -0.25) is 14.6 Å². The number of para-hydroxylation sites is 1. The summed E-state index contributed by atoms with van der Waals surface area (Å²) in [4.78, 5) is 35.8. The van der Waals surface area contributed by atoms with Crippen LogP contribution in [0.1, 0.15) is 16.1 Å². The van der Waals surface area contributed by atoms with Crippen LogP contribution < -0.4 is 5.32 Å². The van der Waals surface area contributed by atoms with E-state index in [-0.39, 0.29) is 24.9 Å². The number of carbonyl (C=O) groups is 2. The maximum atomic E-state index is 13.2. The molecule has 0 saturated carbocycles. The van der Waals surface area contributed by atoms with Crippen molar-refractivity contribution >= 4 is 22.7 Å². The summed E-state index contributed by atoms with van der Waals surface area (Å²) in [5, 5.41) is 3.47. The maximum absolute atomic E-state index is 13.2. The largest absolute Gasteiger partial charge is 0.467 e. The van der Waals surface area contributed by atoms with Crippen molar-refractivity contribution in [3.63, 3.8) is 0 Å². The summed E-state index contributed by atoms with van der Waals surface area (Å²) in [5.41, 5.74) is 2.45. The SMILES string of the molecule is CN(CC(=O)NCc1ccco1)C(=O)c1cc(-c2ccccn2)nc2ccccc12. The second-order valence-corrected chi connectivity index (χ2v) is 6.80. The number of benzene rings is 1. The number of hydrogen-bond donors (Lipinski definition) is 1. The van der Waals surface area contributed by atoms with E-state index >= 15 is 0 Å². The highest BCUT2D eigenvalue weighted by Gasteiger charge is 2.19. The van der Waals surface area contributed by atoms with Crippen LogP contribution in [0.5, 0.6) is 0 Å². The second kappa shape index (κ2) is 8.57. The minimum Gasteiger partial charge on any atom is -0.467 e. The number of likely N-dealkylation sites (N-methyl/N-ethyl adjacent to an activating group) is 1. The van der Waals surface area contributed by atoms with E-state index in [1.807, 2.05) is 42.5 Å². The normalized spacial score (nSPS) is 10.7. The number of hydrogen-bond acceptors (Lipinski definition) is 5. The number of aromatic nitrogens is 2. The van der Waals surface area contributed by atoms with Gasteiger partial charge in [0, 0.05) is 18.6 Å². The molecule has 4 aromatic rings. The average Bonchev–Trinajstić information content (AvgIpc) is 3.31. The van der Waals surface area contributed by atoms with Crippen LogP contribution in [0.15, 0.2) is 77.5 Å². The molecule has 0 bridgehead atoms. The van der Waals surface area contributed by atoms with E-state index in [0.717, 1.165) is 5.39 Å². The van der Waals surface area contributed by atoms with Gasteiger partial charge in [-0.2, -0.15) is 0 Å². The van der Waals surface area contributed by atoms with Gasteiger partial charge in [0.05, 0.1) is 41.8 Å². The topological polar surface area (TPSA) is 88.3 Å². The Balaban J connectivity index is 1.57. The van der Waals surface area contributed by atoms with Gasteiger partial charge in [-0.15, -0.1) is 0 Å². The number of fused-ring (bicyclic) bond motifs is 1. The molecule has 3 aromatic heterocycles. The Morgan fingerprint density at radius 2 is 1.87 bits per heavy atom. The fraction of sp³-hybridized carbons (Fsp3) is 0.130. The molecule has 1 N–H and O–H groups in total. The standard InChI is InChI=1S/C23H20N4O3/c1-27(15-22(28)25-14-16-7-6-12-30-16)23(29)18-13-21(20-10-4-5-11-24-20)26-19-9-3-2-8-17(18)19/h2-13H,14-15H2,1H3,(H,25,28). The molecule has 0 fully saturated rings. The van der Waals surface area contributed by atoms with Crippen molar-refractivity contribution in [3.8, 4) is 11.4 Å². The van der Waals surface area contributed by atoms with Crippen LogP contribution in [0.25, 0.3) is 22.3 Å². The van der Waals surface area contributed by atoms with E-state index < -0.39 is 0 Å². The molecule has 0 aliphatic rings. The number of amides is 2. The molecule has 0 aliphatic heterocycles. The molecule has 4 rings (SSSR count). The zero-order valence-corrected chi connectivity index (χ0v) is 16.4. The summed E-state index contributed by atoms with van der Waals surface area (Å²) in [6.07, 6.45) is 3.23. The molecule has 7 nitrogen and oxygen atoms in total. The maximum Gasteiger partial charge on any atom is 0.254 e. The first-order chi connectivity index (χ1) is 14.6. The minimum absolute atomic E-state index is 0.0743. The quantitative estimate of drug-likeness (QED) is 0.537. The van der Waals surface area contributed by atoms with Crippen LogP contribution in [0, 0.1) is 0 Å². The average molecular weight is 400 g/mol. The third-order valence-electron chi connectivity index (χ3n) is 4.64. The second-order valence-electron chi connectivity index (χ2n) is 6.80. The highest BCUT2D eigenvalue weighted by Crippen LogP contribution is 2.24. The number of furan rings is 1. The van der Waals surface area contributed by atoms with Crippen LogP contribution in [-0.4, -0.2) is 40.3 Å². The highest BCUT2D eigenvalue weighted by molar-refractivity contribution is 6.07. The van der Waals surface area contributed by atoms with Gasteiger partial charge in [-0.05, 0) is 36.4 Å². The van der Waals surface area contributed by atoms with Gasteiger partial charge in [0.25, 0.3) is 5.91 Å². The van der Waals surface area contributed by atoms with Crippen molar-refractivity contribution in [2.75, 3.05) is 13.6 Å². The molecule has 0 saturated heterocycles. The molecule has 0 unspecified atom stereocenters. The molecule has 0 spiro atoms. The number of nitrogens with zero attached hydrogens (tertiary/aromatic N) is 3. The molecule has 150 valence electrons. The molecule has 2 amide bonds. The summed E-state index contributed by atoms with van der Waals surface area (Å²) < 4.78 is 5.20. The third-order valence-corrected chi connectivity index (χ3v) is 4.64. The van der Waals surface area contributed by atoms with E-state index in [2.05, 4.69) is 15.3 Å². The van der Waals surface area contributed by atoms with Crippen LogP contribution in [0.3, 0.4) is 0 Å². The Bertz CT molecular complexity index is 1170. The monoisotopic (exact) mass is 400 g/mol. The van der Waals surface area contributed by atoms with Crippen molar-refractivity contribution < 1.29 is 14.0 Å². The molecule has 3 heterocycles. The van der Waals surface area contributed by atoms with Crippen LogP contribution in [-0.2, 0) is 11.3 Å². The van der Waals surface area contributed by atoms with Crippen LogP contribution in [0.4, 0.5) is 0 Å². The molecule has 0 atom stereocenters. The fourth-order valence-electron chi connectivity index (χ4n) is 3.15. The fourth-order valence-corrected chi connectivity index (χ4v) is 3.15. The summed E-state index contributed by atoms with van der Waals surface area (Å²) in [6.45, 7) is 0.199. The molecule has 30 heavy (non-hydrogen) atoms. The summed E-state index contributed by atoms with van der Waals surface area (Å²) in [5.74, 6) is 0.113. The molecular weight excluding hydrogens is 380 g/mol. The Hall–Kier alpha value is -4.00. The van der Waals surface area contributed by atoms with Gasteiger partial charge in [0.1, 0.15) is 5.76 Å². The Kier molecular flexibility index (Phi) is 5.52. The van der Waals surface area contributed by atoms with E-state index in [4.69, 9.17) is 4.42 Å². The van der Waals surface area contributed by atoms with Gasteiger partial charge in [0.2, 0.25) is 5.91 Å². The minimum atomic E-state index is -0.273.